The van der Waals surface area contributed by atoms with Crippen molar-refractivity contribution in [2.75, 3.05) is 11.5 Å². The minimum Gasteiger partial charge on any atom is -0.398 e. The number of hydrogen-bond donors (Lipinski definition) is 2. The predicted molar refractivity (Wildman–Crippen MR) is 145 cm³/mol. The van der Waals surface area contributed by atoms with Gasteiger partial charge >= 0.3 is 0 Å². The van der Waals surface area contributed by atoms with Crippen LogP contribution in [0.5, 0.6) is 0 Å². The summed E-state index contributed by atoms with van der Waals surface area (Å²) in [6.45, 7) is 11.2. The second-order valence-electron chi connectivity index (χ2n) is 10.2. The normalized spacial score (nSPS) is 12.8. The van der Waals surface area contributed by atoms with Gasteiger partial charge in [-0.2, -0.15) is 0 Å². The van der Waals surface area contributed by atoms with Crippen molar-refractivity contribution in [2.24, 2.45) is 0 Å². The molecule has 0 saturated heterocycles. The number of anilines is 2. The van der Waals surface area contributed by atoms with Crippen LogP contribution in [0.2, 0.25) is 0 Å². The molecule has 0 saturated carbocycles. The first-order valence-electron chi connectivity index (χ1n) is 11.7. The first-order valence-corrected chi connectivity index (χ1v) is 11.7. The molecule has 9 rings (SSSR count). The van der Waals surface area contributed by atoms with Gasteiger partial charge in [0, 0.05) is 21.8 Å². The summed E-state index contributed by atoms with van der Waals surface area (Å²) in [6, 6.07) is 0. The van der Waals surface area contributed by atoms with E-state index in [4.69, 9.17) is 11.5 Å². The number of nitrogens with two attached hydrogens (primary N) is 2. The predicted octanol–water partition coefficient (Wildman–Crippen LogP) is 3.01. The molecular weight excluding hydrogens is 456 g/mol. The molecule has 0 aliphatic heterocycles. The summed E-state index contributed by atoms with van der Waals surface area (Å²) in [5, 5.41) is 2.40. The third-order valence-electron chi connectivity index (χ3n) is 8.90. The van der Waals surface area contributed by atoms with Crippen molar-refractivity contribution >= 4 is 65.5 Å². The van der Waals surface area contributed by atoms with Crippen molar-refractivity contribution in [1.82, 2.24) is 8.80 Å². The van der Waals surface area contributed by atoms with Gasteiger partial charge in [0.15, 0.2) is 0 Å². The fraction of sp³-hybridized carbons (Fsp3) is 0.214. The van der Waals surface area contributed by atoms with Crippen molar-refractivity contribution in [3.05, 3.63) is 74.8 Å². The summed E-state index contributed by atoms with van der Waals surface area (Å²) >= 11 is 0. The molecule has 0 aliphatic carbocycles. The summed E-state index contributed by atoms with van der Waals surface area (Å²) in [7, 11) is 0. The zero-order valence-corrected chi connectivity index (χ0v) is 20.7. The van der Waals surface area contributed by atoms with Gasteiger partial charge in [-0.15, -0.1) is 0 Å². The zero-order valence-electron chi connectivity index (χ0n) is 20.7. The Bertz CT molecular complexity index is 2160. The number of aromatic nitrogens is 2. The Labute approximate surface area is 202 Å². The van der Waals surface area contributed by atoms with Crippen LogP contribution < -0.4 is 33.7 Å². The molecule has 0 aliphatic rings. The standard InChI is InChI=1S/C28H22N4O4/c1-7-9(3)13-14-17-19-15(16(13)21(29)10(7)4)20-18(14)27(35)32(28(20)36)24-22(30)11(5)8(2)12(6)23(24)31(25(17)33)26(19)34/h29-30H2,1-6H3. The number of aryl methyl sites for hydroxylation is 2. The summed E-state index contributed by atoms with van der Waals surface area (Å²) < 4.78 is 2.15. The maximum Gasteiger partial charge on any atom is 0.266 e. The third-order valence-corrected chi connectivity index (χ3v) is 8.90. The van der Waals surface area contributed by atoms with Crippen molar-refractivity contribution in [3.63, 3.8) is 0 Å². The van der Waals surface area contributed by atoms with Gasteiger partial charge in [-0.1, -0.05) is 0 Å². The lowest BCUT2D eigenvalue weighted by Gasteiger charge is -2.19. The molecule has 4 aromatic heterocycles. The molecule has 4 heterocycles. The SMILES string of the molecule is Cc1c(C)c(N)c2c(c1C)c1c3c(=O)n4c(=O)c3c2c2c(=O)n(c(=O)c21)c1c(N)c(C)c(C)c(C)c14. The van der Waals surface area contributed by atoms with E-state index in [0.29, 0.717) is 33.0 Å². The fourth-order valence-corrected chi connectivity index (χ4v) is 6.54. The molecule has 0 amide bonds. The summed E-state index contributed by atoms with van der Waals surface area (Å²) in [5.41, 5.74) is 16.6. The number of hydrogen-bond acceptors (Lipinski definition) is 6. The smallest absolute Gasteiger partial charge is 0.266 e. The van der Waals surface area contributed by atoms with E-state index in [-0.39, 0.29) is 43.7 Å². The fourth-order valence-electron chi connectivity index (χ4n) is 6.54. The van der Waals surface area contributed by atoms with Gasteiger partial charge in [-0.05, 0) is 80.3 Å². The largest absolute Gasteiger partial charge is 0.398 e. The summed E-state index contributed by atoms with van der Waals surface area (Å²) in [6.07, 6.45) is 0. The molecule has 0 atom stereocenters. The average molecular weight is 479 g/mol. The number of rotatable bonds is 0. The molecule has 8 nitrogen and oxygen atoms in total. The van der Waals surface area contributed by atoms with E-state index in [9.17, 15) is 19.2 Å². The molecule has 0 fully saturated rings. The van der Waals surface area contributed by atoms with Crippen molar-refractivity contribution in [2.45, 2.75) is 41.5 Å². The van der Waals surface area contributed by atoms with E-state index in [1.165, 1.54) is 0 Å². The van der Waals surface area contributed by atoms with Gasteiger partial charge < -0.3 is 11.5 Å². The Balaban J connectivity index is 2.15. The van der Waals surface area contributed by atoms with Gasteiger partial charge in [0.25, 0.3) is 22.2 Å². The molecule has 178 valence electrons. The van der Waals surface area contributed by atoms with Crippen LogP contribution in [0.15, 0.2) is 19.2 Å². The van der Waals surface area contributed by atoms with E-state index in [0.717, 1.165) is 31.1 Å². The molecule has 8 heteroatoms. The highest BCUT2D eigenvalue weighted by Crippen LogP contribution is 2.46. The second kappa shape index (κ2) is 5.84. The molecule has 0 unspecified atom stereocenters. The van der Waals surface area contributed by atoms with Gasteiger partial charge in [0.2, 0.25) is 0 Å². The van der Waals surface area contributed by atoms with Crippen LogP contribution >= 0.6 is 0 Å². The topological polar surface area (TPSA) is 129 Å². The highest BCUT2D eigenvalue weighted by molar-refractivity contribution is 6.42. The van der Waals surface area contributed by atoms with E-state index in [2.05, 4.69) is 0 Å². The number of nitrogens with zero attached hydrogens (tertiary/aromatic N) is 2. The Hall–Kier alpha value is -4.46. The van der Waals surface area contributed by atoms with Crippen LogP contribution in [-0.4, -0.2) is 8.80 Å². The average Bonchev–Trinajstić information content (AvgIpc) is 3.28. The maximum absolute atomic E-state index is 14.1. The summed E-state index contributed by atoms with van der Waals surface area (Å²) in [4.78, 5) is 56.3. The third kappa shape index (κ3) is 1.80. The Morgan fingerprint density at radius 1 is 0.389 bits per heavy atom. The molecule has 0 spiro atoms. The molecule has 5 aromatic carbocycles. The molecular formula is C28H22N4O4. The lowest BCUT2D eigenvalue weighted by atomic mass is 9.84. The monoisotopic (exact) mass is 478 g/mol. The van der Waals surface area contributed by atoms with Gasteiger partial charge in [0.05, 0.1) is 32.7 Å². The number of nitrogen functional groups attached to an aromatic ring is 2. The van der Waals surface area contributed by atoms with Crippen LogP contribution in [0, 0.1) is 41.5 Å². The van der Waals surface area contributed by atoms with E-state index < -0.39 is 22.2 Å². The zero-order chi connectivity index (χ0) is 25.9. The number of benzene rings is 5. The van der Waals surface area contributed by atoms with Crippen molar-refractivity contribution < 1.29 is 0 Å². The van der Waals surface area contributed by atoms with Crippen LogP contribution in [0.25, 0.3) is 54.1 Å². The first-order chi connectivity index (χ1) is 16.9. The van der Waals surface area contributed by atoms with Crippen LogP contribution in [0.4, 0.5) is 11.4 Å². The lowest BCUT2D eigenvalue weighted by molar-refractivity contribution is 1.06. The molecule has 4 N–H and O–H groups in total. The first kappa shape index (κ1) is 20.9. The molecule has 36 heavy (non-hydrogen) atoms. The maximum atomic E-state index is 14.1. The van der Waals surface area contributed by atoms with Crippen LogP contribution in [0.1, 0.15) is 33.4 Å². The van der Waals surface area contributed by atoms with E-state index in [1.54, 1.807) is 13.8 Å². The minimum atomic E-state index is -0.556. The van der Waals surface area contributed by atoms with E-state index in [1.807, 2.05) is 27.7 Å². The summed E-state index contributed by atoms with van der Waals surface area (Å²) in [5.74, 6) is 0. The highest BCUT2D eigenvalue weighted by atomic mass is 16.2. The van der Waals surface area contributed by atoms with Crippen LogP contribution in [-0.2, 0) is 0 Å². The second-order valence-corrected chi connectivity index (χ2v) is 10.2. The van der Waals surface area contributed by atoms with Gasteiger partial charge in [-0.3, -0.25) is 19.2 Å². The minimum absolute atomic E-state index is 0.0888. The van der Waals surface area contributed by atoms with E-state index >= 15 is 0 Å². The van der Waals surface area contributed by atoms with Gasteiger partial charge in [-0.25, -0.2) is 8.80 Å². The van der Waals surface area contributed by atoms with Crippen molar-refractivity contribution in [3.8, 4) is 0 Å². The molecule has 8 bridgehead atoms. The quantitative estimate of drug-likeness (QED) is 0.322. The molecule has 0 radical (unpaired) electrons. The Morgan fingerprint density at radius 3 is 1.28 bits per heavy atom. The molecule has 9 aromatic rings. The van der Waals surface area contributed by atoms with Crippen LogP contribution in [0.3, 0.4) is 0 Å². The Kier molecular flexibility index (Phi) is 3.39. The van der Waals surface area contributed by atoms with Gasteiger partial charge in [0.1, 0.15) is 5.52 Å². The Morgan fingerprint density at radius 2 is 0.778 bits per heavy atom. The van der Waals surface area contributed by atoms with Crippen molar-refractivity contribution in [1.29, 1.82) is 0 Å². The highest BCUT2D eigenvalue weighted by Gasteiger charge is 2.33. The lowest BCUT2D eigenvalue weighted by Crippen LogP contribution is -2.22.